The summed E-state index contributed by atoms with van der Waals surface area (Å²) in [6, 6.07) is 0. The quantitative estimate of drug-likeness (QED) is 0.699. The molecule has 0 radical (unpaired) electrons. The van der Waals surface area contributed by atoms with Crippen molar-refractivity contribution in [3.05, 3.63) is 0 Å². The molecule has 3 nitrogen and oxygen atoms in total. The average molecular weight is 280 g/mol. The number of amides is 1. The van der Waals surface area contributed by atoms with E-state index in [1.807, 2.05) is 32.6 Å². The summed E-state index contributed by atoms with van der Waals surface area (Å²) in [5.74, 6) is 0.0772. The average Bonchev–Trinajstić information content (AvgIpc) is 2.15. The van der Waals surface area contributed by atoms with Crippen LogP contribution in [-0.4, -0.2) is 41.4 Å². The summed E-state index contributed by atoms with van der Waals surface area (Å²) < 4.78 is 5.45. The lowest BCUT2D eigenvalue weighted by molar-refractivity contribution is -0.140. The molecular formula is C11H22BrNO2. The molecule has 0 atom stereocenters. The molecule has 0 rings (SSSR count). The number of hydrogen-bond donors (Lipinski definition) is 0. The number of carbonyl (C=O) groups is 1. The highest BCUT2D eigenvalue weighted by Gasteiger charge is 2.16. The van der Waals surface area contributed by atoms with E-state index in [1.54, 1.807) is 0 Å². The zero-order valence-corrected chi connectivity index (χ0v) is 11.8. The number of halogens is 1. The molecule has 90 valence electrons. The Morgan fingerprint density at radius 3 is 2.40 bits per heavy atom. The van der Waals surface area contributed by atoms with Crippen LogP contribution in [0.1, 0.15) is 34.1 Å². The third kappa shape index (κ3) is 7.79. The summed E-state index contributed by atoms with van der Waals surface area (Å²) in [5.41, 5.74) is -0.246. The fraction of sp³-hybridized carbons (Fsp3) is 0.909. The Bertz CT molecular complexity index is 190. The molecule has 0 unspecified atom stereocenters. The number of alkyl halides is 1. The second kappa shape index (κ2) is 7.23. The summed E-state index contributed by atoms with van der Waals surface area (Å²) >= 11 is 3.36. The van der Waals surface area contributed by atoms with Crippen LogP contribution in [0.5, 0.6) is 0 Å². The van der Waals surface area contributed by atoms with E-state index in [4.69, 9.17) is 4.74 Å². The lowest BCUT2D eigenvalue weighted by atomic mass is 10.2. The maximum Gasteiger partial charge on any atom is 0.248 e. The lowest BCUT2D eigenvalue weighted by Gasteiger charge is -2.24. The van der Waals surface area contributed by atoms with Gasteiger partial charge in [0.05, 0.1) is 5.60 Å². The lowest BCUT2D eigenvalue weighted by Crippen LogP contribution is -2.37. The van der Waals surface area contributed by atoms with E-state index in [1.165, 1.54) is 0 Å². The van der Waals surface area contributed by atoms with Gasteiger partial charge in [-0.15, -0.1) is 0 Å². The van der Waals surface area contributed by atoms with E-state index in [0.29, 0.717) is 0 Å². The van der Waals surface area contributed by atoms with Gasteiger partial charge < -0.3 is 9.64 Å². The third-order valence-electron chi connectivity index (χ3n) is 1.92. The Balaban J connectivity index is 3.94. The number of nitrogens with zero attached hydrogens (tertiary/aromatic N) is 1. The van der Waals surface area contributed by atoms with Crippen molar-refractivity contribution in [2.75, 3.05) is 25.0 Å². The number of hydrogen-bond acceptors (Lipinski definition) is 2. The Labute approximate surface area is 101 Å². The van der Waals surface area contributed by atoms with E-state index < -0.39 is 0 Å². The van der Waals surface area contributed by atoms with Gasteiger partial charge in [-0.3, -0.25) is 4.79 Å². The molecule has 0 bridgehead atoms. The predicted octanol–water partition coefficient (Wildman–Crippen LogP) is 2.44. The summed E-state index contributed by atoms with van der Waals surface area (Å²) in [4.78, 5) is 13.5. The van der Waals surface area contributed by atoms with Crippen molar-refractivity contribution < 1.29 is 9.53 Å². The monoisotopic (exact) mass is 279 g/mol. The molecule has 0 aromatic heterocycles. The fourth-order valence-electron chi connectivity index (χ4n) is 1.08. The molecule has 0 saturated carbocycles. The van der Waals surface area contributed by atoms with Crippen LogP contribution in [0.3, 0.4) is 0 Å². The molecule has 0 N–H and O–H groups in total. The molecule has 0 fully saturated rings. The first kappa shape index (κ1) is 14.9. The van der Waals surface area contributed by atoms with Gasteiger partial charge in [0.25, 0.3) is 0 Å². The van der Waals surface area contributed by atoms with Gasteiger partial charge in [-0.1, -0.05) is 15.9 Å². The van der Waals surface area contributed by atoms with Crippen LogP contribution in [0.2, 0.25) is 0 Å². The first-order chi connectivity index (χ1) is 6.90. The maximum atomic E-state index is 11.7. The zero-order chi connectivity index (χ0) is 11.9. The van der Waals surface area contributed by atoms with E-state index >= 15 is 0 Å². The fourth-order valence-corrected chi connectivity index (χ4v) is 1.33. The molecular weight excluding hydrogens is 258 g/mol. The Hall–Kier alpha value is -0.0900. The molecule has 0 spiro atoms. The summed E-state index contributed by atoms with van der Waals surface area (Å²) in [6.45, 7) is 9.58. The van der Waals surface area contributed by atoms with Gasteiger partial charge >= 0.3 is 0 Å². The molecule has 1 amide bonds. The third-order valence-corrected chi connectivity index (χ3v) is 2.49. The van der Waals surface area contributed by atoms with Crippen molar-refractivity contribution in [1.29, 1.82) is 0 Å². The van der Waals surface area contributed by atoms with Crippen molar-refractivity contribution in [2.45, 2.75) is 39.7 Å². The van der Waals surface area contributed by atoms with Crippen LogP contribution < -0.4 is 0 Å². The predicted molar refractivity (Wildman–Crippen MR) is 66.4 cm³/mol. The molecule has 0 aromatic carbocycles. The van der Waals surface area contributed by atoms with Crippen LogP contribution in [0.25, 0.3) is 0 Å². The van der Waals surface area contributed by atoms with Crippen LogP contribution >= 0.6 is 15.9 Å². The van der Waals surface area contributed by atoms with Crippen LogP contribution in [0.4, 0.5) is 0 Å². The van der Waals surface area contributed by atoms with Gasteiger partial charge in [0.2, 0.25) is 5.91 Å². The second-order valence-electron chi connectivity index (χ2n) is 4.42. The highest BCUT2D eigenvalue weighted by molar-refractivity contribution is 9.09. The van der Waals surface area contributed by atoms with Crippen molar-refractivity contribution >= 4 is 21.8 Å². The molecule has 4 heteroatoms. The summed E-state index contributed by atoms with van der Waals surface area (Å²) in [7, 11) is 0. The van der Waals surface area contributed by atoms with E-state index in [-0.39, 0.29) is 18.1 Å². The molecule has 0 aliphatic carbocycles. The minimum Gasteiger partial charge on any atom is -0.366 e. The van der Waals surface area contributed by atoms with Gasteiger partial charge in [0, 0.05) is 18.4 Å². The van der Waals surface area contributed by atoms with Crippen molar-refractivity contribution in [3.63, 3.8) is 0 Å². The van der Waals surface area contributed by atoms with Crippen LogP contribution in [0.15, 0.2) is 0 Å². The van der Waals surface area contributed by atoms with Crippen molar-refractivity contribution in [3.8, 4) is 0 Å². The summed E-state index contributed by atoms with van der Waals surface area (Å²) in [5, 5.41) is 0.927. The molecule has 0 saturated heterocycles. The van der Waals surface area contributed by atoms with Gasteiger partial charge in [-0.05, 0) is 34.1 Å². The summed E-state index contributed by atoms with van der Waals surface area (Å²) in [6.07, 6.45) is 0.981. The minimum absolute atomic E-state index is 0.0772. The Morgan fingerprint density at radius 2 is 2.00 bits per heavy atom. The standard InChI is InChI=1S/C11H22BrNO2/c1-5-13(8-6-7-12)10(14)9-15-11(2,3)4/h5-9H2,1-4H3. The zero-order valence-electron chi connectivity index (χ0n) is 10.2. The minimum atomic E-state index is -0.246. The Kier molecular flexibility index (Phi) is 7.18. The molecule has 0 aromatic rings. The van der Waals surface area contributed by atoms with E-state index in [0.717, 1.165) is 24.8 Å². The molecule has 0 aliphatic heterocycles. The SMILES string of the molecule is CCN(CCCBr)C(=O)COC(C)(C)C. The van der Waals surface area contributed by atoms with Crippen LogP contribution in [0, 0.1) is 0 Å². The van der Waals surface area contributed by atoms with Gasteiger partial charge in [-0.25, -0.2) is 0 Å². The number of rotatable bonds is 6. The molecule has 0 heterocycles. The highest BCUT2D eigenvalue weighted by Crippen LogP contribution is 2.07. The van der Waals surface area contributed by atoms with Gasteiger partial charge in [-0.2, -0.15) is 0 Å². The first-order valence-corrected chi connectivity index (χ1v) is 6.50. The number of ether oxygens (including phenoxy) is 1. The van der Waals surface area contributed by atoms with Gasteiger partial charge in [0.15, 0.2) is 0 Å². The number of carbonyl (C=O) groups excluding carboxylic acids is 1. The highest BCUT2D eigenvalue weighted by atomic mass is 79.9. The van der Waals surface area contributed by atoms with Crippen molar-refractivity contribution in [1.82, 2.24) is 4.90 Å². The number of likely N-dealkylation sites (N-methyl/N-ethyl adjacent to an activating group) is 1. The van der Waals surface area contributed by atoms with Crippen LogP contribution in [-0.2, 0) is 9.53 Å². The van der Waals surface area contributed by atoms with Gasteiger partial charge in [0.1, 0.15) is 6.61 Å². The topological polar surface area (TPSA) is 29.5 Å². The van der Waals surface area contributed by atoms with E-state index in [2.05, 4.69) is 15.9 Å². The smallest absolute Gasteiger partial charge is 0.248 e. The Morgan fingerprint density at radius 1 is 1.40 bits per heavy atom. The van der Waals surface area contributed by atoms with E-state index in [9.17, 15) is 4.79 Å². The normalized spacial score (nSPS) is 11.5. The largest absolute Gasteiger partial charge is 0.366 e. The molecule has 15 heavy (non-hydrogen) atoms. The first-order valence-electron chi connectivity index (χ1n) is 5.38. The van der Waals surface area contributed by atoms with Crippen molar-refractivity contribution in [2.24, 2.45) is 0 Å². The second-order valence-corrected chi connectivity index (χ2v) is 5.21. The molecule has 0 aliphatic rings. The maximum absolute atomic E-state index is 11.7.